The summed E-state index contributed by atoms with van der Waals surface area (Å²) in [6.07, 6.45) is 0.975. The van der Waals surface area contributed by atoms with Gasteiger partial charge in [-0.15, -0.1) is 0 Å². The lowest BCUT2D eigenvalue weighted by atomic mass is 9.81. The number of fused-ring (bicyclic) bond motifs is 2. The molecule has 3 rings (SSSR count). The van der Waals surface area contributed by atoms with Gasteiger partial charge in [0.1, 0.15) is 11.4 Å². The largest absolute Gasteiger partial charge is 0.491 e. The van der Waals surface area contributed by atoms with E-state index in [9.17, 15) is 9.59 Å². The quantitative estimate of drug-likeness (QED) is 0.726. The summed E-state index contributed by atoms with van der Waals surface area (Å²) in [5, 5.41) is 0. The van der Waals surface area contributed by atoms with Crippen molar-refractivity contribution in [2.24, 2.45) is 5.92 Å². The Morgan fingerprint density at radius 2 is 1.64 bits per heavy atom. The average Bonchev–Trinajstić information content (AvgIpc) is 2.58. The van der Waals surface area contributed by atoms with Crippen molar-refractivity contribution in [1.82, 2.24) is 4.90 Å². The van der Waals surface area contributed by atoms with Gasteiger partial charge in [-0.05, 0) is 71.7 Å². The van der Waals surface area contributed by atoms with E-state index in [-0.39, 0.29) is 36.0 Å². The van der Waals surface area contributed by atoms with Gasteiger partial charge in [0.05, 0.1) is 31.4 Å². The second-order valence-electron chi connectivity index (χ2n) is 8.96. The number of benzene rings is 1. The highest BCUT2D eigenvalue weighted by atomic mass is 16.6. The Morgan fingerprint density at radius 1 is 1.07 bits per heavy atom. The molecule has 28 heavy (non-hydrogen) atoms. The maximum absolute atomic E-state index is 13.1. The molecule has 1 aromatic carbocycles. The topological polar surface area (TPSA) is 65.1 Å². The SMILES string of the molecule is CC(C)Oc1ccc(C(=O)C2CC3COCC(C2)N3C(=O)OC(C)(C)C)cc1. The number of hydrogen-bond acceptors (Lipinski definition) is 5. The van der Waals surface area contributed by atoms with Gasteiger partial charge >= 0.3 is 6.09 Å². The Morgan fingerprint density at radius 3 is 2.14 bits per heavy atom. The third-order valence-corrected chi connectivity index (χ3v) is 5.01. The maximum atomic E-state index is 13.1. The van der Waals surface area contributed by atoms with E-state index < -0.39 is 5.60 Å². The minimum Gasteiger partial charge on any atom is -0.491 e. The van der Waals surface area contributed by atoms with E-state index in [1.165, 1.54) is 0 Å². The van der Waals surface area contributed by atoms with E-state index in [0.29, 0.717) is 31.6 Å². The fourth-order valence-corrected chi connectivity index (χ4v) is 3.95. The maximum Gasteiger partial charge on any atom is 0.410 e. The van der Waals surface area contributed by atoms with E-state index in [0.717, 1.165) is 5.75 Å². The lowest BCUT2D eigenvalue weighted by Crippen LogP contribution is -2.60. The second-order valence-corrected chi connectivity index (χ2v) is 8.96. The van der Waals surface area contributed by atoms with Crippen LogP contribution in [0.4, 0.5) is 4.79 Å². The van der Waals surface area contributed by atoms with Crippen LogP contribution in [0.2, 0.25) is 0 Å². The van der Waals surface area contributed by atoms with Crippen LogP contribution in [0.25, 0.3) is 0 Å². The molecule has 2 unspecified atom stereocenters. The number of amides is 1. The molecule has 0 radical (unpaired) electrons. The number of carbonyl (C=O) groups excluding carboxylic acids is 2. The zero-order chi connectivity index (χ0) is 20.5. The van der Waals surface area contributed by atoms with E-state index in [1.807, 2.05) is 58.9 Å². The zero-order valence-electron chi connectivity index (χ0n) is 17.4. The summed E-state index contributed by atoms with van der Waals surface area (Å²) < 4.78 is 16.9. The molecule has 0 N–H and O–H groups in total. The van der Waals surface area contributed by atoms with E-state index in [4.69, 9.17) is 14.2 Å². The number of ketones is 1. The van der Waals surface area contributed by atoms with Crippen molar-refractivity contribution in [3.05, 3.63) is 29.8 Å². The van der Waals surface area contributed by atoms with E-state index in [1.54, 1.807) is 4.90 Å². The Bertz CT molecular complexity index is 693. The molecule has 2 aliphatic heterocycles. The molecular formula is C22H31NO5. The van der Waals surface area contributed by atoms with Gasteiger partial charge in [-0.1, -0.05) is 0 Å². The predicted molar refractivity (Wildman–Crippen MR) is 106 cm³/mol. The number of carbonyl (C=O) groups is 2. The average molecular weight is 389 g/mol. The molecule has 0 aliphatic carbocycles. The standard InChI is InChI=1S/C22H31NO5/c1-14(2)27-19-8-6-15(7-9-19)20(24)16-10-17-12-26-13-18(11-16)23(17)21(25)28-22(3,4)5/h6-9,14,16-18H,10-13H2,1-5H3. The summed E-state index contributed by atoms with van der Waals surface area (Å²) in [4.78, 5) is 27.5. The van der Waals surface area contributed by atoms with Crippen LogP contribution >= 0.6 is 0 Å². The van der Waals surface area contributed by atoms with Gasteiger partial charge < -0.3 is 14.2 Å². The first-order chi connectivity index (χ1) is 13.1. The van der Waals surface area contributed by atoms with Gasteiger partial charge in [0.25, 0.3) is 0 Å². The number of hydrogen-bond donors (Lipinski definition) is 0. The van der Waals surface area contributed by atoms with Crippen LogP contribution in [-0.2, 0) is 9.47 Å². The first-order valence-corrected chi connectivity index (χ1v) is 10.0. The van der Waals surface area contributed by atoms with Crippen LogP contribution in [0.3, 0.4) is 0 Å². The normalized spacial score (nSPS) is 24.8. The van der Waals surface area contributed by atoms with Crippen molar-refractivity contribution in [3.8, 4) is 5.75 Å². The summed E-state index contributed by atoms with van der Waals surface area (Å²) >= 11 is 0. The molecule has 0 aromatic heterocycles. The molecule has 154 valence electrons. The van der Waals surface area contributed by atoms with E-state index in [2.05, 4.69) is 0 Å². The number of ether oxygens (including phenoxy) is 3. The monoisotopic (exact) mass is 389 g/mol. The lowest BCUT2D eigenvalue weighted by molar-refractivity contribution is -0.0861. The van der Waals surface area contributed by atoms with Crippen molar-refractivity contribution < 1.29 is 23.8 Å². The van der Waals surface area contributed by atoms with Crippen LogP contribution in [0.1, 0.15) is 57.8 Å². The summed E-state index contributed by atoms with van der Waals surface area (Å²) in [6, 6.07) is 7.08. The Hall–Kier alpha value is -2.08. The van der Waals surface area contributed by atoms with Gasteiger partial charge in [0.15, 0.2) is 5.78 Å². The lowest BCUT2D eigenvalue weighted by Gasteiger charge is -2.47. The van der Waals surface area contributed by atoms with E-state index >= 15 is 0 Å². The first-order valence-electron chi connectivity index (χ1n) is 10.0. The third kappa shape index (κ3) is 4.85. The third-order valence-electron chi connectivity index (χ3n) is 5.01. The van der Waals surface area contributed by atoms with Crippen LogP contribution in [-0.4, -0.2) is 53.8 Å². The summed E-state index contributed by atoms with van der Waals surface area (Å²) in [5.74, 6) is 0.767. The van der Waals surface area contributed by atoms with Gasteiger partial charge in [-0.2, -0.15) is 0 Å². The van der Waals surface area contributed by atoms with Gasteiger partial charge in [-0.3, -0.25) is 9.69 Å². The Balaban J connectivity index is 1.69. The minimum atomic E-state index is -0.543. The second kappa shape index (κ2) is 8.11. The predicted octanol–water partition coefficient (Wildman–Crippen LogP) is 4.07. The van der Waals surface area contributed by atoms with Gasteiger partial charge in [-0.25, -0.2) is 4.79 Å². The highest BCUT2D eigenvalue weighted by Gasteiger charge is 2.45. The number of rotatable bonds is 4. The smallest absolute Gasteiger partial charge is 0.410 e. The highest BCUT2D eigenvalue weighted by molar-refractivity contribution is 5.98. The van der Waals surface area contributed by atoms with Gasteiger partial charge in [0, 0.05) is 11.5 Å². The molecular weight excluding hydrogens is 358 g/mol. The minimum absolute atomic E-state index is 0.0955. The molecule has 2 bridgehead atoms. The molecule has 2 fully saturated rings. The van der Waals surface area contributed by atoms with Crippen LogP contribution in [0, 0.1) is 5.92 Å². The summed E-state index contributed by atoms with van der Waals surface area (Å²) in [7, 11) is 0. The summed E-state index contributed by atoms with van der Waals surface area (Å²) in [5.41, 5.74) is 0.143. The van der Waals surface area contributed by atoms with Crippen molar-refractivity contribution in [2.75, 3.05) is 13.2 Å². The highest BCUT2D eigenvalue weighted by Crippen LogP contribution is 2.34. The van der Waals surface area contributed by atoms with Crippen molar-refractivity contribution in [3.63, 3.8) is 0 Å². The van der Waals surface area contributed by atoms with Crippen LogP contribution in [0.5, 0.6) is 5.75 Å². The fraction of sp³-hybridized carbons (Fsp3) is 0.636. The van der Waals surface area contributed by atoms with Crippen molar-refractivity contribution >= 4 is 11.9 Å². The molecule has 1 aromatic rings. The Labute approximate surface area is 167 Å². The molecule has 0 saturated carbocycles. The number of morpholine rings is 1. The molecule has 1 amide bonds. The molecule has 2 aliphatic rings. The number of nitrogens with zero attached hydrogens (tertiary/aromatic N) is 1. The van der Waals surface area contributed by atoms with Gasteiger partial charge in [0.2, 0.25) is 0 Å². The van der Waals surface area contributed by atoms with Crippen molar-refractivity contribution in [2.45, 2.75) is 71.2 Å². The number of piperidine rings is 1. The molecule has 6 nitrogen and oxygen atoms in total. The molecule has 2 atom stereocenters. The fourth-order valence-electron chi connectivity index (χ4n) is 3.95. The summed E-state index contributed by atoms with van der Waals surface area (Å²) in [6.45, 7) is 10.4. The van der Waals surface area contributed by atoms with Crippen LogP contribution < -0.4 is 4.74 Å². The first kappa shape index (κ1) is 20.6. The molecule has 2 heterocycles. The van der Waals surface area contributed by atoms with Crippen molar-refractivity contribution in [1.29, 1.82) is 0 Å². The Kier molecular flexibility index (Phi) is 5.98. The number of Topliss-reactive ketones (excluding diaryl/α,β-unsaturated/α-hetero) is 1. The molecule has 0 spiro atoms. The molecule has 6 heteroatoms. The zero-order valence-corrected chi connectivity index (χ0v) is 17.4. The molecule has 2 saturated heterocycles. The van der Waals surface area contributed by atoms with Crippen LogP contribution in [0.15, 0.2) is 24.3 Å².